The summed E-state index contributed by atoms with van der Waals surface area (Å²) in [4.78, 5) is 2.90. The topological polar surface area (TPSA) is 15.3 Å². The zero-order chi connectivity index (χ0) is 15.1. The maximum absolute atomic E-state index is 3.81. The molecule has 0 heterocycles. The molecule has 2 aliphatic rings. The molecule has 0 aliphatic heterocycles. The van der Waals surface area contributed by atoms with E-state index in [-0.39, 0.29) is 0 Å². The highest BCUT2D eigenvalue weighted by Gasteiger charge is 2.36. The minimum atomic E-state index is 0.741. The first-order valence-electron chi connectivity index (χ1n) is 9.79. The third kappa shape index (κ3) is 4.69. The summed E-state index contributed by atoms with van der Waals surface area (Å²) >= 11 is 0. The summed E-state index contributed by atoms with van der Waals surface area (Å²) < 4.78 is 0. The van der Waals surface area contributed by atoms with Crippen molar-refractivity contribution >= 4 is 0 Å². The molecule has 0 aromatic carbocycles. The molecule has 3 atom stereocenters. The van der Waals surface area contributed by atoms with Crippen molar-refractivity contribution in [1.29, 1.82) is 0 Å². The summed E-state index contributed by atoms with van der Waals surface area (Å²) in [5, 5.41) is 3.81. The summed E-state index contributed by atoms with van der Waals surface area (Å²) in [6.45, 7) is 9.38. The van der Waals surface area contributed by atoms with Gasteiger partial charge in [-0.15, -0.1) is 0 Å². The number of likely N-dealkylation sites (N-methyl/N-ethyl adjacent to an activating group) is 2. The second-order valence-electron chi connectivity index (χ2n) is 7.32. The van der Waals surface area contributed by atoms with Crippen molar-refractivity contribution in [2.75, 3.05) is 13.1 Å². The fourth-order valence-electron chi connectivity index (χ4n) is 4.94. The largest absolute Gasteiger partial charge is 0.313 e. The Morgan fingerprint density at radius 2 is 1.71 bits per heavy atom. The second-order valence-corrected chi connectivity index (χ2v) is 7.32. The molecule has 2 aliphatic carbocycles. The molecule has 3 unspecified atom stereocenters. The first kappa shape index (κ1) is 17.3. The van der Waals surface area contributed by atoms with Gasteiger partial charge >= 0.3 is 0 Å². The molecule has 0 saturated heterocycles. The molecule has 124 valence electrons. The first-order valence-corrected chi connectivity index (χ1v) is 9.79. The Balaban J connectivity index is 2.03. The molecule has 1 N–H and O–H groups in total. The molecular formula is C19H38N2. The maximum Gasteiger partial charge on any atom is 0.0254 e. The molecule has 0 bridgehead atoms. The summed E-state index contributed by atoms with van der Waals surface area (Å²) in [7, 11) is 0. The van der Waals surface area contributed by atoms with Crippen LogP contribution >= 0.6 is 0 Å². The van der Waals surface area contributed by atoms with Crippen molar-refractivity contribution < 1.29 is 0 Å². The fourth-order valence-corrected chi connectivity index (χ4v) is 4.94. The van der Waals surface area contributed by atoms with E-state index in [1.807, 2.05) is 0 Å². The molecule has 0 radical (unpaired) electrons. The van der Waals surface area contributed by atoms with Crippen LogP contribution in [-0.2, 0) is 0 Å². The number of hydrogen-bond donors (Lipinski definition) is 1. The van der Waals surface area contributed by atoms with E-state index < -0.39 is 0 Å². The number of rotatable bonds is 7. The predicted octanol–water partition coefficient (Wildman–Crippen LogP) is 4.59. The molecule has 2 fully saturated rings. The molecule has 0 amide bonds. The lowest BCUT2D eigenvalue weighted by Gasteiger charge is -2.47. The van der Waals surface area contributed by atoms with E-state index >= 15 is 0 Å². The summed E-state index contributed by atoms with van der Waals surface area (Å²) in [6.07, 6.45) is 14.4. The number of hydrogen-bond acceptors (Lipinski definition) is 2. The molecular weight excluding hydrogens is 256 g/mol. The average Bonchev–Trinajstić information content (AvgIpc) is 2.52. The van der Waals surface area contributed by atoms with Crippen molar-refractivity contribution in [1.82, 2.24) is 10.2 Å². The van der Waals surface area contributed by atoms with Crippen molar-refractivity contribution in [3.05, 3.63) is 0 Å². The van der Waals surface area contributed by atoms with Gasteiger partial charge in [0, 0.05) is 18.1 Å². The van der Waals surface area contributed by atoms with Crippen molar-refractivity contribution in [2.24, 2.45) is 5.92 Å². The van der Waals surface area contributed by atoms with Gasteiger partial charge in [0.25, 0.3) is 0 Å². The van der Waals surface area contributed by atoms with E-state index in [1.54, 1.807) is 0 Å². The molecule has 2 rings (SSSR count). The molecule has 0 spiro atoms. The SMILES string of the molecule is CCCC1CCC(NCC)C(N(CC)C2CCCCC2)C1. The fraction of sp³-hybridized carbons (Fsp3) is 1.00. The van der Waals surface area contributed by atoms with Crippen LogP contribution in [0, 0.1) is 5.92 Å². The quantitative estimate of drug-likeness (QED) is 0.739. The molecule has 21 heavy (non-hydrogen) atoms. The van der Waals surface area contributed by atoms with Crippen LogP contribution < -0.4 is 5.32 Å². The zero-order valence-electron chi connectivity index (χ0n) is 14.7. The Morgan fingerprint density at radius 1 is 0.952 bits per heavy atom. The molecule has 0 aromatic heterocycles. The Labute approximate surface area is 133 Å². The highest BCUT2D eigenvalue weighted by Crippen LogP contribution is 2.34. The standard InChI is InChI=1S/C19H38N2/c1-4-10-16-13-14-18(20-5-2)19(15-16)21(6-3)17-11-8-7-9-12-17/h16-20H,4-15H2,1-3H3. The molecule has 2 saturated carbocycles. The monoisotopic (exact) mass is 294 g/mol. The third-order valence-electron chi connectivity index (χ3n) is 5.92. The Hall–Kier alpha value is -0.0800. The smallest absolute Gasteiger partial charge is 0.0254 e. The van der Waals surface area contributed by atoms with Gasteiger partial charge in [-0.2, -0.15) is 0 Å². The van der Waals surface area contributed by atoms with Gasteiger partial charge < -0.3 is 5.32 Å². The van der Waals surface area contributed by atoms with Crippen molar-refractivity contribution in [3.63, 3.8) is 0 Å². The summed E-state index contributed by atoms with van der Waals surface area (Å²) in [6, 6.07) is 2.41. The van der Waals surface area contributed by atoms with Crippen LogP contribution in [0.2, 0.25) is 0 Å². The Kier molecular flexibility index (Phi) is 7.53. The van der Waals surface area contributed by atoms with Gasteiger partial charge in [0.1, 0.15) is 0 Å². The van der Waals surface area contributed by atoms with Gasteiger partial charge in [0.2, 0.25) is 0 Å². The maximum atomic E-state index is 3.81. The molecule has 2 nitrogen and oxygen atoms in total. The minimum absolute atomic E-state index is 0.741. The van der Waals surface area contributed by atoms with E-state index in [1.165, 1.54) is 70.8 Å². The number of nitrogens with one attached hydrogen (secondary N) is 1. The summed E-state index contributed by atoms with van der Waals surface area (Å²) in [5.41, 5.74) is 0. The van der Waals surface area contributed by atoms with E-state index in [0.29, 0.717) is 0 Å². The van der Waals surface area contributed by atoms with Crippen LogP contribution in [0.4, 0.5) is 0 Å². The van der Waals surface area contributed by atoms with Crippen LogP contribution in [0.1, 0.15) is 85.0 Å². The molecule has 0 aromatic rings. The highest BCUT2D eigenvalue weighted by molar-refractivity contribution is 4.93. The van der Waals surface area contributed by atoms with Crippen LogP contribution in [0.3, 0.4) is 0 Å². The van der Waals surface area contributed by atoms with Gasteiger partial charge in [-0.05, 0) is 51.1 Å². The van der Waals surface area contributed by atoms with Crippen molar-refractivity contribution in [3.8, 4) is 0 Å². The van der Waals surface area contributed by atoms with Crippen LogP contribution in [0.25, 0.3) is 0 Å². The Morgan fingerprint density at radius 3 is 2.33 bits per heavy atom. The molecule has 2 heteroatoms. The lowest BCUT2D eigenvalue weighted by atomic mass is 9.78. The van der Waals surface area contributed by atoms with Crippen LogP contribution in [0.5, 0.6) is 0 Å². The zero-order valence-corrected chi connectivity index (χ0v) is 14.7. The third-order valence-corrected chi connectivity index (χ3v) is 5.92. The average molecular weight is 295 g/mol. The van der Waals surface area contributed by atoms with Crippen LogP contribution in [-0.4, -0.2) is 36.1 Å². The second kappa shape index (κ2) is 9.15. The van der Waals surface area contributed by atoms with Crippen LogP contribution in [0.15, 0.2) is 0 Å². The van der Waals surface area contributed by atoms with Gasteiger partial charge in [-0.3, -0.25) is 4.90 Å². The highest BCUT2D eigenvalue weighted by atomic mass is 15.2. The predicted molar refractivity (Wildman–Crippen MR) is 92.8 cm³/mol. The number of nitrogens with zero attached hydrogens (tertiary/aromatic N) is 1. The van der Waals surface area contributed by atoms with Gasteiger partial charge in [0.05, 0.1) is 0 Å². The Bertz CT molecular complexity index is 273. The lowest BCUT2D eigenvalue weighted by molar-refractivity contribution is 0.0474. The van der Waals surface area contributed by atoms with Crippen molar-refractivity contribution in [2.45, 2.75) is 103 Å². The van der Waals surface area contributed by atoms with E-state index in [4.69, 9.17) is 0 Å². The van der Waals surface area contributed by atoms with Gasteiger partial charge in [0.15, 0.2) is 0 Å². The minimum Gasteiger partial charge on any atom is -0.313 e. The summed E-state index contributed by atoms with van der Waals surface area (Å²) in [5.74, 6) is 0.979. The first-order chi connectivity index (χ1) is 10.3. The van der Waals surface area contributed by atoms with E-state index in [2.05, 4.69) is 31.0 Å². The van der Waals surface area contributed by atoms with Gasteiger partial charge in [-0.1, -0.05) is 52.9 Å². The van der Waals surface area contributed by atoms with Gasteiger partial charge in [-0.25, -0.2) is 0 Å². The lowest BCUT2D eigenvalue weighted by Crippen LogP contribution is -2.56. The normalized spacial score (nSPS) is 31.7. The van der Waals surface area contributed by atoms with E-state index in [9.17, 15) is 0 Å². The van der Waals surface area contributed by atoms with E-state index in [0.717, 1.165) is 30.6 Å².